The van der Waals surface area contributed by atoms with E-state index in [1.807, 2.05) is 24.3 Å². The number of carboxylic acid groups (broad SMARTS) is 1. The summed E-state index contributed by atoms with van der Waals surface area (Å²) in [5.41, 5.74) is 3.06. The highest BCUT2D eigenvalue weighted by Gasteiger charge is 2.28. The number of thiophene rings is 1. The number of benzene rings is 1. The Labute approximate surface area is 152 Å². The van der Waals surface area contributed by atoms with E-state index in [9.17, 15) is 15.2 Å². The van der Waals surface area contributed by atoms with Crippen molar-refractivity contribution in [2.24, 2.45) is 0 Å². The summed E-state index contributed by atoms with van der Waals surface area (Å²) in [7, 11) is 0. The van der Waals surface area contributed by atoms with E-state index >= 15 is 0 Å². The molecule has 0 spiro atoms. The summed E-state index contributed by atoms with van der Waals surface area (Å²) in [6.45, 7) is 8.19. The monoisotopic (exact) mass is 354 g/mol. The minimum Gasteiger partial charge on any atom is -0.477 e. The molecule has 1 saturated heterocycles. The molecule has 3 rings (SSSR count). The lowest BCUT2D eigenvalue weighted by Crippen LogP contribution is -2.17. The van der Waals surface area contributed by atoms with E-state index in [4.69, 9.17) is 0 Å². The number of nitriles is 1. The van der Waals surface area contributed by atoms with Gasteiger partial charge in [0.2, 0.25) is 0 Å². The molecule has 1 fully saturated rings. The normalized spacial score (nSPS) is 14.6. The second-order valence-electron chi connectivity index (χ2n) is 7.42. The molecule has 0 saturated carbocycles. The van der Waals surface area contributed by atoms with Crippen molar-refractivity contribution in [1.82, 2.24) is 0 Å². The van der Waals surface area contributed by atoms with Gasteiger partial charge in [-0.25, -0.2) is 4.79 Å². The fraction of sp³-hybridized carbons (Fsp3) is 0.400. The Hall–Kier alpha value is -2.32. The van der Waals surface area contributed by atoms with Crippen LogP contribution in [-0.2, 0) is 5.41 Å². The van der Waals surface area contributed by atoms with E-state index in [0.29, 0.717) is 11.1 Å². The van der Waals surface area contributed by atoms with Crippen molar-refractivity contribution in [2.45, 2.75) is 39.0 Å². The van der Waals surface area contributed by atoms with Gasteiger partial charge in [0.15, 0.2) is 0 Å². The van der Waals surface area contributed by atoms with Crippen LogP contribution in [-0.4, -0.2) is 24.2 Å². The highest BCUT2D eigenvalue weighted by Crippen LogP contribution is 2.43. The molecule has 0 unspecified atom stereocenters. The first-order valence-corrected chi connectivity index (χ1v) is 9.30. The molecule has 2 aromatic rings. The quantitative estimate of drug-likeness (QED) is 0.853. The van der Waals surface area contributed by atoms with Gasteiger partial charge in [-0.15, -0.1) is 11.3 Å². The number of rotatable bonds is 3. The molecule has 2 heterocycles. The molecule has 1 aliphatic rings. The van der Waals surface area contributed by atoms with Crippen molar-refractivity contribution >= 4 is 22.3 Å². The Kier molecular flexibility index (Phi) is 4.57. The summed E-state index contributed by atoms with van der Waals surface area (Å²) >= 11 is 1.22. The van der Waals surface area contributed by atoms with Gasteiger partial charge in [-0.2, -0.15) is 5.26 Å². The van der Waals surface area contributed by atoms with Crippen LogP contribution in [0, 0.1) is 11.3 Å². The van der Waals surface area contributed by atoms with Crippen molar-refractivity contribution < 1.29 is 9.90 Å². The maximum atomic E-state index is 11.8. The molecule has 0 aliphatic carbocycles. The van der Waals surface area contributed by atoms with Crippen molar-refractivity contribution in [3.05, 3.63) is 40.3 Å². The summed E-state index contributed by atoms with van der Waals surface area (Å²) in [5.74, 6) is -0.971. The lowest BCUT2D eigenvalue weighted by molar-refractivity contribution is 0.0703. The molecule has 1 N–H and O–H groups in total. The van der Waals surface area contributed by atoms with Crippen LogP contribution in [0.5, 0.6) is 0 Å². The van der Waals surface area contributed by atoms with Gasteiger partial charge in [0.25, 0.3) is 0 Å². The number of carboxylic acids is 1. The Balaban J connectivity index is 2.14. The zero-order chi connectivity index (χ0) is 18.2. The molecular formula is C20H22N2O2S. The van der Waals surface area contributed by atoms with Gasteiger partial charge in [0, 0.05) is 18.7 Å². The first kappa shape index (κ1) is 17.5. The second-order valence-corrected chi connectivity index (χ2v) is 8.42. The van der Waals surface area contributed by atoms with Gasteiger partial charge in [-0.1, -0.05) is 45.0 Å². The third kappa shape index (κ3) is 3.27. The fourth-order valence-corrected chi connectivity index (χ4v) is 4.39. The van der Waals surface area contributed by atoms with Crippen LogP contribution in [0.2, 0.25) is 0 Å². The summed E-state index contributed by atoms with van der Waals surface area (Å²) in [4.78, 5) is 14.2. The third-order valence-electron chi connectivity index (χ3n) is 4.63. The van der Waals surface area contributed by atoms with Gasteiger partial charge in [-0.05, 0) is 29.4 Å². The van der Waals surface area contributed by atoms with E-state index < -0.39 is 5.97 Å². The average Bonchev–Trinajstić information content (AvgIpc) is 3.21. The molecule has 0 radical (unpaired) electrons. The molecule has 0 bridgehead atoms. The summed E-state index contributed by atoms with van der Waals surface area (Å²) in [6, 6.07) is 10.2. The van der Waals surface area contributed by atoms with Crippen LogP contribution in [0.25, 0.3) is 11.1 Å². The molecule has 1 aromatic carbocycles. The Bertz CT molecular complexity index is 832. The molecule has 4 nitrogen and oxygen atoms in total. The highest BCUT2D eigenvalue weighted by molar-refractivity contribution is 7.18. The van der Waals surface area contributed by atoms with E-state index in [-0.39, 0.29) is 10.3 Å². The Morgan fingerprint density at radius 2 is 1.80 bits per heavy atom. The van der Waals surface area contributed by atoms with E-state index in [0.717, 1.165) is 36.5 Å². The molecule has 0 atom stereocenters. The number of nitrogens with zero attached hydrogens (tertiary/aromatic N) is 2. The van der Waals surface area contributed by atoms with Crippen LogP contribution in [0.1, 0.15) is 54.4 Å². The molecule has 130 valence electrons. The largest absolute Gasteiger partial charge is 0.477 e. The lowest BCUT2D eigenvalue weighted by atomic mass is 9.86. The molecule has 5 heteroatoms. The number of hydrogen-bond donors (Lipinski definition) is 1. The number of hydrogen-bond acceptors (Lipinski definition) is 4. The first-order chi connectivity index (χ1) is 11.8. The average molecular weight is 354 g/mol. The van der Waals surface area contributed by atoms with Gasteiger partial charge in [0.1, 0.15) is 15.9 Å². The molecule has 1 aromatic heterocycles. The zero-order valence-electron chi connectivity index (χ0n) is 14.8. The smallest absolute Gasteiger partial charge is 0.346 e. The van der Waals surface area contributed by atoms with Gasteiger partial charge >= 0.3 is 5.97 Å². The van der Waals surface area contributed by atoms with Crippen LogP contribution >= 0.6 is 11.3 Å². The maximum absolute atomic E-state index is 11.8. The topological polar surface area (TPSA) is 64.3 Å². The van der Waals surface area contributed by atoms with Crippen molar-refractivity contribution in [3.63, 3.8) is 0 Å². The summed E-state index contributed by atoms with van der Waals surface area (Å²) in [5, 5.41) is 20.2. The van der Waals surface area contributed by atoms with E-state index in [2.05, 4.69) is 31.7 Å². The molecule has 1 aliphatic heterocycles. The second kappa shape index (κ2) is 6.53. The van der Waals surface area contributed by atoms with Crippen LogP contribution in [0.15, 0.2) is 24.3 Å². The van der Waals surface area contributed by atoms with Crippen LogP contribution in [0.3, 0.4) is 0 Å². The predicted octanol–water partition coefficient (Wildman–Crippen LogP) is 4.88. The zero-order valence-corrected chi connectivity index (χ0v) is 15.6. The van der Waals surface area contributed by atoms with Crippen LogP contribution < -0.4 is 4.90 Å². The summed E-state index contributed by atoms with van der Waals surface area (Å²) < 4.78 is 0. The van der Waals surface area contributed by atoms with Crippen molar-refractivity contribution in [2.75, 3.05) is 18.0 Å². The van der Waals surface area contributed by atoms with Crippen molar-refractivity contribution in [3.8, 4) is 17.2 Å². The number of carbonyl (C=O) groups is 1. The Morgan fingerprint density at radius 1 is 1.20 bits per heavy atom. The maximum Gasteiger partial charge on any atom is 0.346 e. The molecule has 0 amide bonds. The third-order valence-corrected chi connectivity index (χ3v) is 5.87. The van der Waals surface area contributed by atoms with Gasteiger partial charge in [-0.3, -0.25) is 0 Å². The predicted molar refractivity (Wildman–Crippen MR) is 102 cm³/mol. The fourth-order valence-electron chi connectivity index (χ4n) is 3.23. The standard InChI is InChI=1S/C20H22N2O2S/c1-20(2,3)14-8-6-13(7-9-14)16-15(12-21)18(22-10-4-5-11-22)25-17(16)19(23)24/h6-9H,4-5,10-11H2,1-3H3,(H,23,24). The molecule has 25 heavy (non-hydrogen) atoms. The minimum atomic E-state index is -0.971. The van der Waals surface area contributed by atoms with E-state index in [1.165, 1.54) is 16.9 Å². The Morgan fingerprint density at radius 3 is 2.28 bits per heavy atom. The summed E-state index contributed by atoms with van der Waals surface area (Å²) in [6.07, 6.45) is 2.17. The van der Waals surface area contributed by atoms with Gasteiger partial charge < -0.3 is 10.0 Å². The molecular weight excluding hydrogens is 332 g/mol. The van der Waals surface area contributed by atoms with Crippen LogP contribution in [0.4, 0.5) is 5.00 Å². The number of aromatic carboxylic acids is 1. The van der Waals surface area contributed by atoms with Gasteiger partial charge in [0.05, 0.1) is 5.56 Å². The van der Waals surface area contributed by atoms with E-state index in [1.54, 1.807) is 0 Å². The SMILES string of the molecule is CC(C)(C)c1ccc(-c2c(C(=O)O)sc(N3CCCC3)c2C#N)cc1. The lowest BCUT2D eigenvalue weighted by Gasteiger charge is -2.19. The minimum absolute atomic E-state index is 0.0293. The highest BCUT2D eigenvalue weighted by atomic mass is 32.1. The first-order valence-electron chi connectivity index (χ1n) is 8.49. The van der Waals surface area contributed by atoms with Crippen molar-refractivity contribution in [1.29, 1.82) is 5.26 Å². The number of anilines is 1.